The van der Waals surface area contributed by atoms with Crippen molar-refractivity contribution in [1.29, 1.82) is 0 Å². The van der Waals surface area contributed by atoms with E-state index in [4.69, 9.17) is 0 Å². The Kier molecular flexibility index (Phi) is 6.01. The molecule has 0 aliphatic carbocycles. The Labute approximate surface area is 119 Å². The normalized spacial score (nSPS) is 19.4. The van der Waals surface area contributed by atoms with Gasteiger partial charge in [-0.3, -0.25) is 9.98 Å². The zero-order chi connectivity index (χ0) is 13.3. The highest BCUT2D eigenvalue weighted by atomic mass is 32.2. The molecule has 2 rings (SSSR count). The summed E-state index contributed by atoms with van der Waals surface area (Å²) in [6.07, 6.45) is 5.42. The standard InChI is InChI=1S/C14H22N4S/c1-15-14(18-11-13-6-4-10-19-13)17-9-7-12-5-2-3-8-16-12/h2-3,5,8,13H,4,6-7,9-11H2,1H3,(H2,15,17,18). The third-order valence-corrected chi connectivity index (χ3v) is 4.54. The molecule has 1 atom stereocenters. The molecule has 0 aromatic carbocycles. The molecule has 2 N–H and O–H groups in total. The number of hydrogen-bond acceptors (Lipinski definition) is 3. The summed E-state index contributed by atoms with van der Waals surface area (Å²) >= 11 is 2.06. The van der Waals surface area contributed by atoms with Crippen molar-refractivity contribution in [3.8, 4) is 0 Å². The Bertz CT molecular complexity index is 388. The second kappa shape index (κ2) is 8.04. The first-order chi connectivity index (χ1) is 9.38. The largest absolute Gasteiger partial charge is 0.356 e. The van der Waals surface area contributed by atoms with Gasteiger partial charge in [-0.05, 0) is 30.7 Å². The number of hydrogen-bond donors (Lipinski definition) is 2. The summed E-state index contributed by atoms with van der Waals surface area (Å²) in [5.41, 5.74) is 1.11. The van der Waals surface area contributed by atoms with Crippen LogP contribution in [0.2, 0.25) is 0 Å². The molecule has 1 aromatic rings. The third-order valence-electron chi connectivity index (χ3n) is 3.14. The predicted octanol–water partition coefficient (Wildman–Crippen LogP) is 1.68. The van der Waals surface area contributed by atoms with Gasteiger partial charge < -0.3 is 10.6 Å². The second-order valence-electron chi connectivity index (χ2n) is 4.59. The molecule has 0 radical (unpaired) electrons. The van der Waals surface area contributed by atoms with Crippen LogP contribution in [-0.4, -0.2) is 42.1 Å². The first kappa shape index (κ1) is 14.2. The van der Waals surface area contributed by atoms with Gasteiger partial charge in [0.1, 0.15) is 0 Å². The van der Waals surface area contributed by atoms with Gasteiger partial charge in [-0.25, -0.2) is 0 Å². The molecule has 2 heterocycles. The molecule has 0 saturated carbocycles. The Morgan fingerprint density at radius 1 is 1.47 bits per heavy atom. The molecular weight excluding hydrogens is 256 g/mol. The minimum absolute atomic E-state index is 0.745. The maximum absolute atomic E-state index is 4.31. The summed E-state index contributed by atoms with van der Waals surface area (Å²) in [5.74, 6) is 2.20. The molecule has 0 bridgehead atoms. The summed E-state index contributed by atoms with van der Waals surface area (Å²) in [6.45, 7) is 1.86. The monoisotopic (exact) mass is 278 g/mol. The molecule has 1 aliphatic heterocycles. The van der Waals surface area contributed by atoms with Gasteiger partial charge in [0.05, 0.1) is 0 Å². The van der Waals surface area contributed by atoms with E-state index in [1.165, 1.54) is 18.6 Å². The zero-order valence-corrected chi connectivity index (χ0v) is 12.2. The molecule has 1 aliphatic rings. The van der Waals surface area contributed by atoms with Crippen molar-refractivity contribution in [3.63, 3.8) is 0 Å². The van der Waals surface area contributed by atoms with Crippen molar-refractivity contribution in [2.24, 2.45) is 4.99 Å². The van der Waals surface area contributed by atoms with Gasteiger partial charge in [0.15, 0.2) is 5.96 Å². The quantitative estimate of drug-likeness (QED) is 0.635. The fourth-order valence-corrected chi connectivity index (χ4v) is 3.29. The van der Waals surface area contributed by atoms with Gasteiger partial charge in [0, 0.05) is 43.7 Å². The van der Waals surface area contributed by atoms with Crippen LogP contribution in [0.3, 0.4) is 0 Å². The fourth-order valence-electron chi connectivity index (χ4n) is 2.09. The maximum Gasteiger partial charge on any atom is 0.191 e. The van der Waals surface area contributed by atoms with E-state index >= 15 is 0 Å². The van der Waals surface area contributed by atoms with Crippen LogP contribution in [0.4, 0.5) is 0 Å². The Hall–Kier alpha value is -1.23. The van der Waals surface area contributed by atoms with Crippen LogP contribution < -0.4 is 10.6 Å². The smallest absolute Gasteiger partial charge is 0.191 e. The van der Waals surface area contributed by atoms with Crippen LogP contribution in [0, 0.1) is 0 Å². The van der Waals surface area contributed by atoms with Gasteiger partial charge in [-0.1, -0.05) is 6.07 Å². The molecule has 0 spiro atoms. The molecule has 0 amide bonds. The van der Waals surface area contributed by atoms with Gasteiger partial charge >= 0.3 is 0 Å². The van der Waals surface area contributed by atoms with E-state index in [9.17, 15) is 0 Å². The van der Waals surface area contributed by atoms with Crippen molar-refractivity contribution in [2.75, 3.05) is 25.9 Å². The predicted molar refractivity (Wildman–Crippen MR) is 82.8 cm³/mol. The average Bonchev–Trinajstić information content (AvgIpc) is 2.97. The highest BCUT2D eigenvalue weighted by Gasteiger charge is 2.15. The van der Waals surface area contributed by atoms with E-state index in [1.54, 1.807) is 0 Å². The average molecular weight is 278 g/mol. The van der Waals surface area contributed by atoms with E-state index in [0.717, 1.165) is 36.4 Å². The first-order valence-corrected chi connectivity index (χ1v) is 7.89. The van der Waals surface area contributed by atoms with Crippen molar-refractivity contribution < 1.29 is 0 Å². The molecule has 1 aromatic heterocycles. The minimum atomic E-state index is 0.745. The highest BCUT2D eigenvalue weighted by Crippen LogP contribution is 2.25. The van der Waals surface area contributed by atoms with Gasteiger partial charge in [-0.2, -0.15) is 11.8 Å². The van der Waals surface area contributed by atoms with Crippen LogP contribution in [0.1, 0.15) is 18.5 Å². The van der Waals surface area contributed by atoms with Crippen LogP contribution in [0.25, 0.3) is 0 Å². The summed E-state index contributed by atoms with van der Waals surface area (Å²) in [4.78, 5) is 8.55. The van der Waals surface area contributed by atoms with E-state index in [2.05, 4.69) is 32.4 Å². The van der Waals surface area contributed by atoms with E-state index in [-0.39, 0.29) is 0 Å². The summed E-state index contributed by atoms with van der Waals surface area (Å²) < 4.78 is 0. The lowest BCUT2D eigenvalue weighted by Crippen LogP contribution is -2.40. The topological polar surface area (TPSA) is 49.3 Å². The Morgan fingerprint density at radius 3 is 3.11 bits per heavy atom. The lowest BCUT2D eigenvalue weighted by molar-refractivity contribution is 0.722. The molecule has 1 fully saturated rings. The number of pyridine rings is 1. The molecule has 19 heavy (non-hydrogen) atoms. The number of guanidine groups is 1. The number of nitrogens with zero attached hydrogens (tertiary/aromatic N) is 2. The lowest BCUT2D eigenvalue weighted by Gasteiger charge is -2.14. The van der Waals surface area contributed by atoms with Crippen LogP contribution in [0.5, 0.6) is 0 Å². The minimum Gasteiger partial charge on any atom is -0.356 e. The molecule has 5 heteroatoms. The molecule has 1 unspecified atom stereocenters. The van der Waals surface area contributed by atoms with Crippen LogP contribution in [-0.2, 0) is 6.42 Å². The summed E-state index contributed by atoms with van der Waals surface area (Å²) in [5, 5.41) is 7.47. The van der Waals surface area contributed by atoms with E-state index in [0.29, 0.717) is 0 Å². The Balaban J connectivity index is 1.65. The summed E-state index contributed by atoms with van der Waals surface area (Å²) in [7, 11) is 1.82. The molecule has 4 nitrogen and oxygen atoms in total. The molecule has 104 valence electrons. The number of thioether (sulfide) groups is 1. The van der Waals surface area contributed by atoms with E-state index in [1.807, 2.05) is 31.4 Å². The van der Waals surface area contributed by atoms with Gasteiger partial charge in [-0.15, -0.1) is 0 Å². The summed E-state index contributed by atoms with van der Waals surface area (Å²) in [6, 6.07) is 6.01. The van der Waals surface area contributed by atoms with Crippen molar-refractivity contribution in [3.05, 3.63) is 30.1 Å². The third kappa shape index (κ3) is 5.11. The van der Waals surface area contributed by atoms with Crippen LogP contribution in [0.15, 0.2) is 29.4 Å². The highest BCUT2D eigenvalue weighted by molar-refractivity contribution is 8.00. The van der Waals surface area contributed by atoms with Crippen molar-refractivity contribution in [2.45, 2.75) is 24.5 Å². The molecule has 1 saturated heterocycles. The maximum atomic E-state index is 4.31. The van der Waals surface area contributed by atoms with Gasteiger partial charge in [0.2, 0.25) is 0 Å². The van der Waals surface area contributed by atoms with Crippen LogP contribution >= 0.6 is 11.8 Å². The number of aromatic nitrogens is 1. The van der Waals surface area contributed by atoms with Gasteiger partial charge in [0.25, 0.3) is 0 Å². The number of rotatable bonds is 5. The second-order valence-corrected chi connectivity index (χ2v) is 5.99. The Morgan fingerprint density at radius 2 is 2.42 bits per heavy atom. The SMILES string of the molecule is CN=C(NCCc1ccccn1)NCC1CCCS1. The van der Waals surface area contributed by atoms with Crippen molar-refractivity contribution >= 4 is 17.7 Å². The fraction of sp³-hybridized carbons (Fsp3) is 0.571. The zero-order valence-electron chi connectivity index (χ0n) is 11.4. The lowest BCUT2D eigenvalue weighted by atomic mass is 10.2. The number of aliphatic imine (C=N–C) groups is 1. The number of nitrogens with one attached hydrogen (secondary N) is 2. The van der Waals surface area contributed by atoms with E-state index < -0.39 is 0 Å². The molecular formula is C14H22N4S. The first-order valence-electron chi connectivity index (χ1n) is 6.84. The van der Waals surface area contributed by atoms with Crippen molar-refractivity contribution in [1.82, 2.24) is 15.6 Å².